The number of rotatable bonds is 5. The van der Waals surface area contributed by atoms with Crippen molar-refractivity contribution in [3.05, 3.63) is 195 Å². The fourth-order valence-corrected chi connectivity index (χ4v) is 7.78. The zero-order valence-corrected chi connectivity index (χ0v) is 40.7. The third kappa shape index (κ3) is 18.7. The minimum absolute atomic E-state index is 0.155. The number of nitrogen functional groups attached to an aromatic ring is 1. The Kier molecular flexibility index (Phi) is 25.7. The number of aromatic carboxylic acids is 3. The second-order valence-corrected chi connectivity index (χ2v) is 15.9. The van der Waals surface area contributed by atoms with E-state index in [1.807, 2.05) is 31.2 Å². The fraction of sp³-hybridized carbons (Fsp3) is 0.192. The number of carboxylic acid groups (broad SMARTS) is 3. The molecule has 6 N–H and O–H groups in total. The number of carboxylic acids is 3. The van der Waals surface area contributed by atoms with Gasteiger partial charge in [0.25, 0.3) is 11.4 Å². The Morgan fingerprint density at radius 3 is 1.68 bits per heavy atom. The predicted octanol–water partition coefficient (Wildman–Crippen LogP) is 8.59. The van der Waals surface area contributed by atoms with Crippen LogP contribution in [-0.4, -0.2) is 71.5 Å². The molecule has 5 aromatic carbocycles. The Labute approximate surface area is 429 Å². The highest BCUT2D eigenvalue weighted by atomic mass is 35.5. The van der Waals surface area contributed by atoms with E-state index < -0.39 is 22.8 Å². The number of para-hydroxylation sites is 3. The Bertz CT molecular complexity index is 3280. The number of nitrogens with zero attached hydrogens (tertiary/aromatic N) is 3. The van der Waals surface area contributed by atoms with Crippen molar-refractivity contribution in [2.24, 2.45) is 0 Å². The van der Waals surface area contributed by atoms with E-state index in [1.165, 1.54) is 36.8 Å². The number of nitrogens with two attached hydrogens (primary N) is 1. The van der Waals surface area contributed by atoms with Crippen molar-refractivity contribution < 1.29 is 68.3 Å². The van der Waals surface area contributed by atoms with Gasteiger partial charge < -0.3 is 26.0 Å². The molecule has 2 aliphatic carbocycles. The van der Waals surface area contributed by atoms with Gasteiger partial charge in [0.1, 0.15) is 5.56 Å². The zero-order valence-electron chi connectivity index (χ0n) is 39.9. The van der Waals surface area contributed by atoms with E-state index in [0.717, 1.165) is 106 Å². The first-order valence-electron chi connectivity index (χ1n) is 21.9. The number of aryl methyl sites for hydroxylation is 4. The summed E-state index contributed by atoms with van der Waals surface area (Å²) in [5, 5.41) is 48.9. The number of aromatic amines is 1. The van der Waals surface area contributed by atoms with Crippen LogP contribution in [0.4, 0.5) is 17.1 Å². The molecule has 0 saturated heterocycles. The number of H-pyrrole nitrogens is 1. The van der Waals surface area contributed by atoms with Crippen LogP contribution in [0.5, 0.6) is 0 Å². The van der Waals surface area contributed by atoms with Crippen LogP contribution in [0.25, 0.3) is 21.8 Å². The highest BCUT2D eigenvalue weighted by molar-refractivity contribution is 6.36. The van der Waals surface area contributed by atoms with Gasteiger partial charge in [-0.15, -0.1) is 0 Å². The average Bonchev–Trinajstić information content (AvgIpc) is 3.38. The van der Waals surface area contributed by atoms with Crippen molar-refractivity contribution in [1.82, 2.24) is 9.97 Å². The maximum Gasteiger partial charge on any atom is 0.373 e. The molecule has 22 nitrogen and oxygen atoms in total. The first-order valence-corrected chi connectivity index (χ1v) is 22.3. The van der Waals surface area contributed by atoms with Gasteiger partial charge in [0, 0.05) is 56.6 Å². The van der Waals surface area contributed by atoms with Crippen LogP contribution in [0.1, 0.15) is 90.4 Å². The second kappa shape index (κ2) is 31.5. The van der Waals surface area contributed by atoms with Crippen LogP contribution >= 0.6 is 11.6 Å². The number of nitro groups is 2. The zero-order chi connectivity index (χ0) is 56.2. The lowest BCUT2D eigenvalue weighted by Gasteiger charge is -2.17. The third-order valence-corrected chi connectivity index (χ3v) is 11.1. The van der Waals surface area contributed by atoms with Gasteiger partial charge in [-0.2, -0.15) is 28.8 Å². The van der Waals surface area contributed by atoms with E-state index in [0.29, 0.717) is 10.7 Å². The predicted molar refractivity (Wildman–Crippen MR) is 267 cm³/mol. The molecule has 0 atom stereocenters. The molecule has 0 aliphatic heterocycles. The number of carbonyl (C=O) groups is 3. The summed E-state index contributed by atoms with van der Waals surface area (Å²) in [6.07, 6.45) is 9.23. The molecule has 0 saturated carbocycles. The lowest BCUT2D eigenvalue weighted by molar-refractivity contribution is -0.385. The summed E-state index contributed by atoms with van der Waals surface area (Å²) in [6.45, 7) is 3.65. The number of nitro benzene ring substituents is 2. The van der Waals surface area contributed by atoms with E-state index in [9.17, 15) is 39.4 Å². The summed E-state index contributed by atoms with van der Waals surface area (Å²) in [5.41, 5.74) is 13.7. The van der Waals surface area contributed by atoms with Gasteiger partial charge in [0.05, 0.1) is 31.5 Å². The monoisotopic (exact) mass is 1050 g/mol. The van der Waals surface area contributed by atoms with Crippen molar-refractivity contribution in [3.63, 3.8) is 0 Å². The van der Waals surface area contributed by atoms with Crippen LogP contribution < -0.4 is 11.2 Å². The molecule has 0 amide bonds. The molecule has 0 spiro atoms. The smallest absolute Gasteiger partial charge is 0.373 e. The number of benzene rings is 5. The number of hydrogen-bond acceptors (Lipinski definition) is 16. The highest BCUT2D eigenvalue weighted by Crippen LogP contribution is 2.33. The maximum absolute atomic E-state index is 12.2. The van der Waals surface area contributed by atoms with Crippen LogP contribution in [0.2, 0.25) is 5.02 Å². The molecule has 2 heterocycles. The Morgan fingerprint density at radius 1 is 0.627 bits per heavy atom. The van der Waals surface area contributed by atoms with Crippen LogP contribution in [0.15, 0.2) is 114 Å². The number of pyridine rings is 2. The van der Waals surface area contributed by atoms with E-state index in [-0.39, 0.29) is 56.9 Å². The number of nitrogens with one attached hydrogen (secondary N) is 1. The Morgan fingerprint density at radius 2 is 1.15 bits per heavy atom. The molecule has 23 heteroatoms. The molecule has 2 aliphatic rings. The standard InChI is InChI=1S/C14H12ClNO2.C13H13NO.C8H9NO2.C7H5NO4.C7H7NO2.3CO2/c15-13-9-3-1-2-4-11(9)16-12-6-5-8(14(17)18)7-10(12)13;15-13-9-5-1-3-7-11(9)14-12-8-4-2-6-10(12)13;1-6-3-4-8(9(10)11)7(2)5-6;9-7(10)5-3-1-2-4-6(5)8(11)12;8-6-4-2-1-3-5(6)7(9)10;3*2-1-3/h5-7H,1-4H2,(H,17,18);1,3,5,7H,2,4,6,8H2,(H,14,15);3-5H,1-2H3;1-4H,(H,9,10);1-4H,8H2,(H,9,10);;;. The number of anilines is 1. The number of carbonyl (C=O) groups excluding carboxylic acids is 6. The summed E-state index contributed by atoms with van der Waals surface area (Å²) in [5.74, 6) is -3.22. The molecule has 0 bridgehead atoms. The highest BCUT2D eigenvalue weighted by Gasteiger charge is 2.19. The van der Waals surface area contributed by atoms with Gasteiger partial charge >= 0.3 is 36.4 Å². The van der Waals surface area contributed by atoms with Crippen molar-refractivity contribution in [2.45, 2.75) is 65.2 Å². The Hall–Kier alpha value is -9.84. The quantitative estimate of drug-likeness (QED) is 0.0611. The van der Waals surface area contributed by atoms with Gasteiger partial charge in [-0.3, -0.25) is 30.0 Å². The molecule has 9 rings (SSSR count). The van der Waals surface area contributed by atoms with Crippen LogP contribution in [-0.2, 0) is 54.5 Å². The summed E-state index contributed by atoms with van der Waals surface area (Å²) in [4.78, 5) is 120. The van der Waals surface area contributed by atoms with Crippen molar-refractivity contribution in [2.75, 3.05) is 5.73 Å². The van der Waals surface area contributed by atoms with E-state index in [2.05, 4.69) is 9.97 Å². The number of fused-ring (bicyclic) bond motifs is 4. The first kappa shape index (κ1) is 61.3. The van der Waals surface area contributed by atoms with Gasteiger partial charge in [-0.25, -0.2) is 14.4 Å². The topological polar surface area (TPSA) is 372 Å². The summed E-state index contributed by atoms with van der Waals surface area (Å²) >= 11 is 6.40. The largest absolute Gasteiger partial charge is 0.478 e. The number of hydrogen-bond donors (Lipinski definition) is 5. The van der Waals surface area contributed by atoms with Crippen LogP contribution in [0.3, 0.4) is 0 Å². The molecular formula is C52H46ClN5O17. The van der Waals surface area contributed by atoms with Gasteiger partial charge in [0.15, 0.2) is 5.43 Å². The van der Waals surface area contributed by atoms with Crippen LogP contribution in [0, 0.1) is 34.1 Å². The maximum atomic E-state index is 12.2. The van der Waals surface area contributed by atoms with Gasteiger partial charge in [-0.05, 0) is 125 Å². The first-order chi connectivity index (χ1) is 35.7. The van der Waals surface area contributed by atoms with E-state index in [4.69, 9.17) is 61.4 Å². The Balaban J connectivity index is 0.000000313. The van der Waals surface area contributed by atoms with Gasteiger partial charge in [0.2, 0.25) is 0 Å². The normalized spacial score (nSPS) is 11.0. The lowest BCUT2D eigenvalue weighted by Crippen LogP contribution is -2.18. The SMILES string of the molecule is Cc1ccc([N+](=O)[O-])c(C)c1.Nc1ccccc1C(=O)O.O=C(O)c1ccc2nc3c(c(Cl)c2c1)CCCC3.O=C(O)c1ccccc1[N+](=O)[O-].O=C=O.O=C=O.O=C=O.O=c1c2c([nH]c3ccccc13)CCCC2. The minimum Gasteiger partial charge on any atom is -0.478 e. The summed E-state index contributed by atoms with van der Waals surface area (Å²) < 4.78 is 0. The number of aromatic nitrogens is 2. The summed E-state index contributed by atoms with van der Waals surface area (Å²) in [7, 11) is 0. The second-order valence-electron chi connectivity index (χ2n) is 15.5. The van der Waals surface area contributed by atoms with Gasteiger partial charge in [-0.1, -0.05) is 59.6 Å². The lowest BCUT2D eigenvalue weighted by atomic mass is 9.94. The molecule has 388 valence electrons. The molecule has 75 heavy (non-hydrogen) atoms. The molecule has 0 unspecified atom stereocenters. The van der Waals surface area contributed by atoms with Crippen molar-refractivity contribution in [3.8, 4) is 0 Å². The molecule has 2 aromatic heterocycles. The molecule has 7 aromatic rings. The molecular weight excluding hydrogens is 1000 g/mol. The molecule has 0 radical (unpaired) electrons. The van der Waals surface area contributed by atoms with Crippen molar-refractivity contribution >= 4 is 86.8 Å². The molecule has 0 fully saturated rings. The fourth-order valence-electron chi connectivity index (χ4n) is 7.42. The summed E-state index contributed by atoms with van der Waals surface area (Å²) in [6, 6.07) is 29.3. The van der Waals surface area contributed by atoms with E-state index in [1.54, 1.807) is 55.5 Å². The van der Waals surface area contributed by atoms with Crippen molar-refractivity contribution in [1.29, 1.82) is 0 Å². The third-order valence-electron chi connectivity index (χ3n) is 10.7. The number of halogens is 1. The minimum atomic E-state index is -1.29. The average molecular weight is 1050 g/mol. The van der Waals surface area contributed by atoms with E-state index >= 15 is 0 Å².